The Morgan fingerprint density at radius 1 is 1.17 bits per heavy atom. The number of para-hydroxylation sites is 1. The van der Waals surface area contributed by atoms with Crippen molar-refractivity contribution >= 4 is 10.9 Å². The maximum Gasteiger partial charge on any atom is 0.266 e. The molecular formula is C20H23N3O. The molecule has 0 aliphatic rings. The highest BCUT2D eigenvalue weighted by Gasteiger charge is 2.18. The van der Waals surface area contributed by atoms with Crippen LogP contribution in [0.2, 0.25) is 0 Å². The Kier molecular flexibility index (Phi) is 4.49. The first-order valence-corrected chi connectivity index (χ1v) is 8.35. The van der Waals surface area contributed by atoms with Gasteiger partial charge in [0, 0.05) is 0 Å². The molecule has 24 heavy (non-hydrogen) atoms. The van der Waals surface area contributed by atoms with Crippen molar-refractivity contribution < 1.29 is 0 Å². The van der Waals surface area contributed by atoms with E-state index in [1.165, 1.54) is 5.56 Å². The number of hydrogen-bond acceptors (Lipinski definition) is 3. The third-order valence-corrected chi connectivity index (χ3v) is 4.29. The van der Waals surface area contributed by atoms with Crippen molar-refractivity contribution in [2.75, 3.05) is 6.54 Å². The average Bonchev–Trinajstić information content (AvgIpc) is 2.56. The van der Waals surface area contributed by atoms with E-state index in [1.807, 2.05) is 50.2 Å². The molecule has 0 amide bonds. The molecule has 2 aromatic carbocycles. The van der Waals surface area contributed by atoms with Gasteiger partial charge in [-0.05, 0) is 51.1 Å². The van der Waals surface area contributed by atoms with Gasteiger partial charge in [0.2, 0.25) is 0 Å². The molecule has 3 rings (SSSR count). The van der Waals surface area contributed by atoms with E-state index >= 15 is 0 Å². The van der Waals surface area contributed by atoms with E-state index in [4.69, 9.17) is 4.98 Å². The van der Waals surface area contributed by atoms with Crippen LogP contribution < -0.4 is 10.9 Å². The summed E-state index contributed by atoms with van der Waals surface area (Å²) >= 11 is 0. The van der Waals surface area contributed by atoms with Crippen molar-refractivity contribution in [3.05, 3.63) is 69.8 Å². The fourth-order valence-electron chi connectivity index (χ4n) is 3.13. The standard InChI is InChI=1S/C20H23N3O/c1-5-21-15(4)19-22-17-9-7-6-8-16(17)20(24)23(19)18-11-10-13(2)12-14(18)3/h6-12,15,21H,5H2,1-4H3/t15-/m0/s1. The van der Waals surface area contributed by atoms with E-state index in [0.717, 1.165) is 29.1 Å². The Hall–Kier alpha value is -2.46. The summed E-state index contributed by atoms with van der Waals surface area (Å²) in [5, 5.41) is 4.02. The molecule has 1 N–H and O–H groups in total. The SMILES string of the molecule is CCN[C@@H](C)c1nc2ccccc2c(=O)n1-c1ccc(C)cc1C. The molecule has 0 aliphatic carbocycles. The molecule has 0 saturated heterocycles. The predicted molar refractivity (Wildman–Crippen MR) is 98.9 cm³/mol. The van der Waals surface area contributed by atoms with Crippen LogP contribution in [0.3, 0.4) is 0 Å². The fourth-order valence-corrected chi connectivity index (χ4v) is 3.13. The Labute approximate surface area is 142 Å². The summed E-state index contributed by atoms with van der Waals surface area (Å²) in [4.78, 5) is 18.0. The molecule has 4 nitrogen and oxygen atoms in total. The normalized spacial score (nSPS) is 12.5. The lowest BCUT2D eigenvalue weighted by Crippen LogP contribution is -2.30. The number of fused-ring (bicyclic) bond motifs is 1. The second-order valence-electron chi connectivity index (χ2n) is 6.20. The molecule has 0 radical (unpaired) electrons. The van der Waals surface area contributed by atoms with Gasteiger partial charge in [-0.15, -0.1) is 0 Å². The van der Waals surface area contributed by atoms with E-state index in [9.17, 15) is 4.79 Å². The van der Waals surface area contributed by atoms with Crippen LogP contribution >= 0.6 is 0 Å². The van der Waals surface area contributed by atoms with Crippen LogP contribution in [-0.2, 0) is 0 Å². The van der Waals surface area contributed by atoms with Gasteiger partial charge in [0.25, 0.3) is 5.56 Å². The van der Waals surface area contributed by atoms with E-state index in [0.29, 0.717) is 5.39 Å². The maximum atomic E-state index is 13.2. The lowest BCUT2D eigenvalue weighted by Gasteiger charge is -2.20. The summed E-state index contributed by atoms with van der Waals surface area (Å²) in [7, 11) is 0. The summed E-state index contributed by atoms with van der Waals surface area (Å²) in [6.45, 7) is 9.00. The summed E-state index contributed by atoms with van der Waals surface area (Å²) in [5.41, 5.74) is 3.86. The quantitative estimate of drug-likeness (QED) is 0.797. The van der Waals surface area contributed by atoms with Crippen molar-refractivity contribution in [1.82, 2.24) is 14.9 Å². The van der Waals surface area contributed by atoms with Gasteiger partial charge in [-0.3, -0.25) is 9.36 Å². The molecule has 0 unspecified atom stereocenters. The van der Waals surface area contributed by atoms with Crippen LogP contribution in [0.5, 0.6) is 0 Å². The number of aromatic nitrogens is 2. The second kappa shape index (κ2) is 6.57. The zero-order valence-corrected chi connectivity index (χ0v) is 14.6. The molecule has 1 aromatic heterocycles. The Bertz CT molecular complexity index is 943. The Balaban J connectivity index is 2.37. The highest BCUT2D eigenvalue weighted by molar-refractivity contribution is 5.78. The van der Waals surface area contributed by atoms with Crippen molar-refractivity contribution in [2.24, 2.45) is 0 Å². The second-order valence-corrected chi connectivity index (χ2v) is 6.20. The van der Waals surface area contributed by atoms with E-state index < -0.39 is 0 Å². The lowest BCUT2D eigenvalue weighted by atomic mass is 10.1. The van der Waals surface area contributed by atoms with E-state index in [2.05, 4.69) is 25.2 Å². The summed E-state index contributed by atoms with van der Waals surface area (Å²) in [6.07, 6.45) is 0. The van der Waals surface area contributed by atoms with Gasteiger partial charge in [0.05, 0.1) is 22.6 Å². The molecule has 124 valence electrons. The van der Waals surface area contributed by atoms with Gasteiger partial charge in [-0.1, -0.05) is 36.8 Å². The first kappa shape index (κ1) is 16.4. The van der Waals surface area contributed by atoms with E-state index in [-0.39, 0.29) is 11.6 Å². The Morgan fingerprint density at radius 2 is 1.92 bits per heavy atom. The largest absolute Gasteiger partial charge is 0.308 e. The minimum Gasteiger partial charge on any atom is -0.308 e. The van der Waals surface area contributed by atoms with Crippen LogP contribution in [-0.4, -0.2) is 16.1 Å². The van der Waals surface area contributed by atoms with Gasteiger partial charge < -0.3 is 5.32 Å². The number of nitrogens with one attached hydrogen (secondary N) is 1. The third-order valence-electron chi connectivity index (χ3n) is 4.29. The zero-order chi connectivity index (χ0) is 17.3. The molecule has 0 spiro atoms. The number of nitrogens with zero attached hydrogens (tertiary/aromatic N) is 2. The average molecular weight is 321 g/mol. The lowest BCUT2D eigenvalue weighted by molar-refractivity contribution is 0.550. The minimum absolute atomic E-state index is 0.0204. The van der Waals surface area contributed by atoms with Gasteiger partial charge in [-0.2, -0.15) is 0 Å². The van der Waals surface area contributed by atoms with E-state index in [1.54, 1.807) is 4.57 Å². The van der Waals surface area contributed by atoms with Crippen molar-refractivity contribution in [1.29, 1.82) is 0 Å². The highest BCUT2D eigenvalue weighted by atomic mass is 16.1. The van der Waals surface area contributed by atoms with Crippen molar-refractivity contribution in [3.8, 4) is 5.69 Å². The molecule has 3 aromatic rings. The predicted octanol–water partition coefficient (Wildman–Crippen LogP) is 3.67. The highest BCUT2D eigenvalue weighted by Crippen LogP contribution is 2.21. The smallest absolute Gasteiger partial charge is 0.266 e. The molecule has 4 heteroatoms. The van der Waals surface area contributed by atoms with Crippen LogP contribution in [0.25, 0.3) is 16.6 Å². The molecule has 0 saturated carbocycles. The summed E-state index contributed by atoms with van der Waals surface area (Å²) in [5.74, 6) is 0.743. The number of benzene rings is 2. The molecular weight excluding hydrogens is 298 g/mol. The number of rotatable bonds is 4. The molecule has 0 fully saturated rings. The number of aryl methyl sites for hydroxylation is 2. The summed E-state index contributed by atoms with van der Waals surface area (Å²) < 4.78 is 1.75. The zero-order valence-electron chi connectivity index (χ0n) is 14.6. The monoisotopic (exact) mass is 321 g/mol. The molecule has 0 bridgehead atoms. The Morgan fingerprint density at radius 3 is 2.62 bits per heavy atom. The fraction of sp³-hybridized carbons (Fsp3) is 0.300. The first-order valence-electron chi connectivity index (χ1n) is 8.35. The van der Waals surface area contributed by atoms with Gasteiger partial charge >= 0.3 is 0 Å². The molecule has 1 heterocycles. The molecule has 1 atom stereocenters. The first-order chi connectivity index (χ1) is 11.5. The van der Waals surface area contributed by atoms with Crippen LogP contribution in [0, 0.1) is 13.8 Å². The summed E-state index contributed by atoms with van der Waals surface area (Å²) in [6, 6.07) is 13.6. The number of hydrogen-bond donors (Lipinski definition) is 1. The van der Waals surface area contributed by atoms with Crippen molar-refractivity contribution in [3.63, 3.8) is 0 Å². The minimum atomic E-state index is -0.0210. The van der Waals surface area contributed by atoms with Crippen LogP contribution in [0.1, 0.15) is 36.8 Å². The van der Waals surface area contributed by atoms with Crippen LogP contribution in [0.15, 0.2) is 47.3 Å². The van der Waals surface area contributed by atoms with Crippen molar-refractivity contribution in [2.45, 2.75) is 33.7 Å². The van der Waals surface area contributed by atoms with Gasteiger partial charge in [-0.25, -0.2) is 4.98 Å². The van der Waals surface area contributed by atoms with Gasteiger partial charge in [0.15, 0.2) is 0 Å². The van der Waals surface area contributed by atoms with Gasteiger partial charge in [0.1, 0.15) is 5.82 Å². The van der Waals surface area contributed by atoms with Crippen LogP contribution in [0.4, 0.5) is 0 Å². The third kappa shape index (κ3) is 2.85. The topological polar surface area (TPSA) is 46.9 Å². The maximum absolute atomic E-state index is 13.2. The molecule has 0 aliphatic heterocycles.